The van der Waals surface area contributed by atoms with Gasteiger partial charge in [-0.2, -0.15) is 0 Å². The third kappa shape index (κ3) is 2.01. The van der Waals surface area contributed by atoms with Crippen molar-refractivity contribution in [3.63, 3.8) is 0 Å². The second kappa shape index (κ2) is 4.25. The van der Waals surface area contributed by atoms with Gasteiger partial charge in [0.1, 0.15) is 5.82 Å². The number of hydrogen-bond donors (Lipinski definition) is 1. The Morgan fingerprint density at radius 2 is 2.13 bits per heavy atom. The number of aromatic amines is 1. The molecule has 2 rings (SSSR count). The maximum atomic E-state index is 6.13. The van der Waals surface area contributed by atoms with Crippen molar-refractivity contribution in [2.75, 3.05) is 0 Å². The molecule has 1 N–H and O–H groups in total. The number of halogens is 2. The smallest absolute Gasteiger partial charge is 0.113 e. The van der Waals surface area contributed by atoms with Gasteiger partial charge in [-0.3, -0.25) is 0 Å². The molecule has 2 nitrogen and oxygen atoms in total. The molecule has 0 saturated carbocycles. The maximum Gasteiger partial charge on any atom is 0.113 e. The van der Waals surface area contributed by atoms with Gasteiger partial charge in [0.2, 0.25) is 0 Å². The Labute approximate surface area is 98.3 Å². The van der Waals surface area contributed by atoms with E-state index in [1.165, 1.54) is 0 Å². The van der Waals surface area contributed by atoms with E-state index >= 15 is 0 Å². The molecule has 0 saturated heterocycles. The molecule has 4 heteroatoms. The quantitative estimate of drug-likeness (QED) is 0.849. The lowest BCUT2D eigenvalue weighted by Crippen LogP contribution is -1.99. The number of aromatic nitrogens is 2. The molecular formula is C11H10Cl2N2. The first-order valence-corrected chi connectivity index (χ1v) is 5.39. The van der Waals surface area contributed by atoms with Crippen LogP contribution < -0.4 is 0 Å². The normalized spacial score (nSPS) is 12.7. The van der Waals surface area contributed by atoms with E-state index in [1.54, 1.807) is 18.5 Å². The summed E-state index contributed by atoms with van der Waals surface area (Å²) in [5.41, 5.74) is 0.985. The average molecular weight is 241 g/mol. The Hall–Kier alpha value is -0.990. The lowest BCUT2D eigenvalue weighted by molar-refractivity contribution is 0.840. The summed E-state index contributed by atoms with van der Waals surface area (Å²) in [6, 6.07) is 5.63. The molecule has 1 heterocycles. The number of rotatable bonds is 2. The summed E-state index contributed by atoms with van der Waals surface area (Å²) in [7, 11) is 0. The number of nitrogens with zero attached hydrogens (tertiary/aromatic N) is 1. The molecule has 2 aromatic rings. The number of imidazole rings is 1. The molecule has 0 fully saturated rings. The van der Waals surface area contributed by atoms with Crippen LogP contribution in [0.1, 0.15) is 24.2 Å². The summed E-state index contributed by atoms with van der Waals surface area (Å²) < 4.78 is 0. The van der Waals surface area contributed by atoms with E-state index < -0.39 is 0 Å². The summed E-state index contributed by atoms with van der Waals surface area (Å²) in [6.45, 7) is 2.04. The van der Waals surface area contributed by atoms with Gasteiger partial charge >= 0.3 is 0 Å². The van der Waals surface area contributed by atoms with Crippen LogP contribution in [0.2, 0.25) is 10.0 Å². The highest BCUT2D eigenvalue weighted by Crippen LogP contribution is 2.32. The van der Waals surface area contributed by atoms with Gasteiger partial charge in [-0.05, 0) is 11.6 Å². The van der Waals surface area contributed by atoms with Crippen molar-refractivity contribution >= 4 is 23.2 Å². The van der Waals surface area contributed by atoms with Crippen molar-refractivity contribution in [3.05, 3.63) is 52.0 Å². The first-order valence-electron chi connectivity index (χ1n) is 4.63. The minimum Gasteiger partial charge on any atom is -0.348 e. The van der Waals surface area contributed by atoms with Gasteiger partial charge in [0.05, 0.1) is 10.0 Å². The third-order valence-corrected chi connectivity index (χ3v) is 3.21. The van der Waals surface area contributed by atoms with E-state index in [0.717, 1.165) is 11.4 Å². The van der Waals surface area contributed by atoms with Crippen LogP contribution in [0.25, 0.3) is 0 Å². The van der Waals surface area contributed by atoms with Crippen LogP contribution in [0, 0.1) is 0 Å². The molecule has 1 unspecified atom stereocenters. The van der Waals surface area contributed by atoms with Crippen molar-refractivity contribution < 1.29 is 0 Å². The van der Waals surface area contributed by atoms with Crippen molar-refractivity contribution in [2.45, 2.75) is 12.8 Å². The van der Waals surface area contributed by atoms with E-state index in [0.29, 0.717) is 10.0 Å². The fraction of sp³-hybridized carbons (Fsp3) is 0.182. The standard InChI is InChI=1S/C11H10Cl2N2/c1-7(11-14-5-6-15-11)8-3-2-4-9(12)10(8)13/h2-7H,1H3,(H,14,15). The lowest BCUT2D eigenvalue weighted by Gasteiger charge is -2.11. The van der Waals surface area contributed by atoms with Gasteiger partial charge in [-0.25, -0.2) is 4.98 Å². The summed E-state index contributed by atoms with van der Waals surface area (Å²) in [6.07, 6.45) is 3.52. The highest BCUT2D eigenvalue weighted by molar-refractivity contribution is 6.42. The molecular weight excluding hydrogens is 231 g/mol. The van der Waals surface area contributed by atoms with E-state index in [2.05, 4.69) is 9.97 Å². The van der Waals surface area contributed by atoms with Crippen LogP contribution in [0.3, 0.4) is 0 Å². The predicted octanol–water partition coefficient (Wildman–Crippen LogP) is 3.87. The molecule has 1 atom stereocenters. The zero-order valence-corrected chi connectivity index (χ0v) is 9.68. The van der Waals surface area contributed by atoms with Gasteiger partial charge in [0.15, 0.2) is 0 Å². The SMILES string of the molecule is CC(c1ncc[nH]1)c1cccc(Cl)c1Cl. The number of benzene rings is 1. The van der Waals surface area contributed by atoms with E-state index in [-0.39, 0.29) is 5.92 Å². The van der Waals surface area contributed by atoms with E-state index in [1.807, 2.05) is 19.1 Å². The Morgan fingerprint density at radius 3 is 2.80 bits per heavy atom. The topological polar surface area (TPSA) is 28.7 Å². The van der Waals surface area contributed by atoms with Crippen LogP contribution in [-0.4, -0.2) is 9.97 Å². The number of hydrogen-bond acceptors (Lipinski definition) is 1. The predicted molar refractivity (Wildman–Crippen MR) is 62.6 cm³/mol. The van der Waals surface area contributed by atoms with Crippen LogP contribution in [-0.2, 0) is 0 Å². The summed E-state index contributed by atoms with van der Waals surface area (Å²) in [5.74, 6) is 1.00. The van der Waals surface area contributed by atoms with Gasteiger partial charge in [0, 0.05) is 18.3 Å². The second-order valence-electron chi connectivity index (χ2n) is 3.34. The van der Waals surface area contributed by atoms with Crippen molar-refractivity contribution in [3.8, 4) is 0 Å². The first-order chi connectivity index (χ1) is 7.20. The molecule has 78 valence electrons. The highest BCUT2D eigenvalue weighted by atomic mass is 35.5. The molecule has 0 aliphatic rings. The van der Waals surface area contributed by atoms with Crippen LogP contribution in [0.5, 0.6) is 0 Å². The minimum atomic E-state index is 0.117. The summed E-state index contributed by atoms with van der Waals surface area (Å²) in [4.78, 5) is 7.28. The van der Waals surface area contributed by atoms with Gasteiger partial charge < -0.3 is 4.98 Å². The first kappa shape index (κ1) is 10.5. The molecule has 0 radical (unpaired) electrons. The van der Waals surface area contributed by atoms with E-state index in [9.17, 15) is 0 Å². The Balaban J connectivity index is 2.42. The second-order valence-corrected chi connectivity index (χ2v) is 4.12. The average Bonchev–Trinajstić information content (AvgIpc) is 2.74. The van der Waals surface area contributed by atoms with Crippen molar-refractivity contribution in [1.82, 2.24) is 9.97 Å². The lowest BCUT2D eigenvalue weighted by atomic mass is 10.0. The highest BCUT2D eigenvalue weighted by Gasteiger charge is 2.15. The maximum absolute atomic E-state index is 6.13. The largest absolute Gasteiger partial charge is 0.348 e. The molecule has 0 aliphatic carbocycles. The fourth-order valence-electron chi connectivity index (χ4n) is 1.52. The minimum absolute atomic E-state index is 0.117. The molecule has 0 bridgehead atoms. The Morgan fingerprint density at radius 1 is 1.33 bits per heavy atom. The summed E-state index contributed by atoms with van der Waals surface area (Å²) >= 11 is 12.1. The van der Waals surface area contributed by atoms with Crippen molar-refractivity contribution in [1.29, 1.82) is 0 Å². The zero-order chi connectivity index (χ0) is 10.8. The fourth-order valence-corrected chi connectivity index (χ4v) is 1.99. The van der Waals surface area contributed by atoms with Gasteiger partial charge in [-0.1, -0.05) is 42.3 Å². The molecule has 15 heavy (non-hydrogen) atoms. The Bertz CT molecular complexity index is 452. The molecule has 0 amide bonds. The van der Waals surface area contributed by atoms with Gasteiger partial charge in [0.25, 0.3) is 0 Å². The van der Waals surface area contributed by atoms with Crippen LogP contribution >= 0.6 is 23.2 Å². The van der Waals surface area contributed by atoms with Crippen molar-refractivity contribution in [2.24, 2.45) is 0 Å². The Kier molecular flexibility index (Phi) is 2.98. The van der Waals surface area contributed by atoms with E-state index in [4.69, 9.17) is 23.2 Å². The number of H-pyrrole nitrogens is 1. The molecule has 1 aromatic carbocycles. The molecule has 0 spiro atoms. The third-order valence-electron chi connectivity index (χ3n) is 2.38. The van der Waals surface area contributed by atoms with Gasteiger partial charge in [-0.15, -0.1) is 0 Å². The summed E-state index contributed by atoms with van der Waals surface area (Å²) in [5, 5.41) is 1.18. The van der Waals surface area contributed by atoms with Crippen LogP contribution in [0.4, 0.5) is 0 Å². The zero-order valence-electron chi connectivity index (χ0n) is 8.17. The molecule has 0 aliphatic heterocycles. The number of nitrogens with one attached hydrogen (secondary N) is 1. The monoisotopic (exact) mass is 240 g/mol. The van der Waals surface area contributed by atoms with Crippen LogP contribution in [0.15, 0.2) is 30.6 Å². The molecule has 1 aromatic heterocycles.